The van der Waals surface area contributed by atoms with Gasteiger partial charge in [-0.1, -0.05) is 12.1 Å². The summed E-state index contributed by atoms with van der Waals surface area (Å²) in [6.45, 7) is 2.22. The Kier molecular flexibility index (Phi) is 5.02. The van der Waals surface area contributed by atoms with Gasteiger partial charge in [-0.15, -0.1) is 0 Å². The summed E-state index contributed by atoms with van der Waals surface area (Å²) in [5.41, 5.74) is 0.623. The van der Waals surface area contributed by atoms with Crippen molar-refractivity contribution in [3.8, 4) is 5.75 Å². The number of carbonyl (C=O) groups excluding carboxylic acids is 1. The molecule has 0 atom stereocenters. The number of likely N-dealkylation sites (N-methyl/N-ethyl adjacent to an activating group) is 1. The van der Waals surface area contributed by atoms with E-state index in [9.17, 15) is 13.2 Å². The van der Waals surface area contributed by atoms with Crippen LogP contribution in [0.1, 0.15) is 6.92 Å². The standard InChI is InChI=1S/C14H18N4O4S/c1-3-22-13-7-5-4-6-12(13)17(2)14(19)10-18-9-11(8-16-18)23(15,20)21/h4-9H,3,10H2,1-2H3,(H2,15,20,21). The van der Waals surface area contributed by atoms with E-state index < -0.39 is 10.0 Å². The third-order valence-corrected chi connectivity index (χ3v) is 4.00. The van der Waals surface area contributed by atoms with E-state index in [-0.39, 0.29) is 17.3 Å². The van der Waals surface area contributed by atoms with Crippen LogP contribution in [0, 0.1) is 0 Å². The van der Waals surface area contributed by atoms with E-state index in [0.717, 1.165) is 6.20 Å². The minimum absolute atomic E-state index is 0.119. The number of primary sulfonamides is 1. The zero-order chi connectivity index (χ0) is 17.0. The van der Waals surface area contributed by atoms with Crippen molar-refractivity contribution in [3.05, 3.63) is 36.7 Å². The molecule has 23 heavy (non-hydrogen) atoms. The van der Waals surface area contributed by atoms with E-state index in [4.69, 9.17) is 9.88 Å². The summed E-state index contributed by atoms with van der Waals surface area (Å²) in [6, 6.07) is 7.16. The topological polar surface area (TPSA) is 108 Å². The second-order valence-electron chi connectivity index (χ2n) is 4.77. The van der Waals surface area contributed by atoms with Crippen LogP contribution in [0.5, 0.6) is 5.75 Å². The number of aromatic nitrogens is 2. The zero-order valence-corrected chi connectivity index (χ0v) is 13.7. The third kappa shape index (κ3) is 4.08. The normalized spacial score (nSPS) is 11.3. The summed E-state index contributed by atoms with van der Waals surface area (Å²) in [5.74, 6) is 0.317. The molecule has 0 aliphatic rings. The fraction of sp³-hybridized carbons (Fsp3) is 0.286. The third-order valence-electron chi connectivity index (χ3n) is 3.14. The lowest BCUT2D eigenvalue weighted by Crippen LogP contribution is -2.30. The minimum atomic E-state index is -3.83. The Balaban J connectivity index is 2.16. The minimum Gasteiger partial charge on any atom is -0.492 e. The van der Waals surface area contributed by atoms with Crippen molar-refractivity contribution in [2.45, 2.75) is 18.4 Å². The number of hydrogen-bond acceptors (Lipinski definition) is 5. The molecule has 0 radical (unpaired) electrons. The Morgan fingerprint density at radius 3 is 2.70 bits per heavy atom. The molecule has 0 unspecified atom stereocenters. The van der Waals surface area contributed by atoms with Crippen LogP contribution in [0.2, 0.25) is 0 Å². The van der Waals surface area contributed by atoms with Gasteiger partial charge < -0.3 is 9.64 Å². The van der Waals surface area contributed by atoms with Crippen LogP contribution < -0.4 is 14.8 Å². The number of ether oxygens (including phenoxy) is 1. The molecule has 2 rings (SSSR count). The Bertz CT molecular complexity index is 801. The molecule has 1 amide bonds. The number of benzene rings is 1. The maximum absolute atomic E-state index is 12.4. The average molecular weight is 338 g/mol. The molecule has 124 valence electrons. The highest BCUT2D eigenvalue weighted by Crippen LogP contribution is 2.27. The number of anilines is 1. The number of nitrogens with two attached hydrogens (primary N) is 1. The van der Waals surface area contributed by atoms with Crippen molar-refractivity contribution >= 4 is 21.6 Å². The first kappa shape index (κ1) is 17.0. The highest BCUT2D eigenvalue weighted by Gasteiger charge is 2.17. The molecule has 0 saturated heterocycles. The van der Waals surface area contributed by atoms with Crippen LogP contribution in [0.4, 0.5) is 5.69 Å². The van der Waals surface area contributed by atoms with Crippen molar-refractivity contribution in [1.29, 1.82) is 0 Å². The van der Waals surface area contributed by atoms with Gasteiger partial charge in [-0.3, -0.25) is 9.48 Å². The van der Waals surface area contributed by atoms with Crippen LogP contribution in [-0.4, -0.2) is 37.8 Å². The maximum Gasteiger partial charge on any atom is 0.248 e. The van der Waals surface area contributed by atoms with Gasteiger partial charge in [0.1, 0.15) is 17.2 Å². The maximum atomic E-state index is 12.4. The van der Waals surface area contributed by atoms with Crippen LogP contribution in [0.3, 0.4) is 0 Å². The van der Waals surface area contributed by atoms with E-state index in [1.54, 1.807) is 25.2 Å². The van der Waals surface area contributed by atoms with Gasteiger partial charge in [-0.05, 0) is 19.1 Å². The Morgan fingerprint density at radius 2 is 2.09 bits per heavy atom. The van der Waals surface area contributed by atoms with Gasteiger partial charge in [0, 0.05) is 13.2 Å². The molecular weight excluding hydrogens is 320 g/mol. The lowest BCUT2D eigenvalue weighted by atomic mass is 10.2. The first-order valence-electron chi connectivity index (χ1n) is 6.86. The SMILES string of the molecule is CCOc1ccccc1N(C)C(=O)Cn1cc(S(N)(=O)=O)cn1. The molecule has 2 N–H and O–H groups in total. The molecule has 2 aromatic rings. The summed E-state index contributed by atoms with van der Waals surface area (Å²) in [6.07, 6.45) is 2.33. The lowest BCUT2D eigenvalue weighted by molar-refractivity contribution is -0.119. The summed E-state index contributed by atoms with van der Waals surface area (Å²) in [4.78, 5) is 13.7. The van der Waals surface area contributed by atoms with Gasteiger partial charge >= 0.3 is 0 Å². The number of para-hydroxylation sites is 2. The number of rotatable bonds is 6. The van der Waals surface area contributed by atoms with Crippen molar-refractivity contribution in [3.63, 3.8) is 0 Å². The number of amides is 1. The molecule has 1 aromatic heterocycles. The Morgan fingerprint density at radius 1 is 1.39 bits per heavy atom. The number of carbonyl (C=O) groups is 1. The first-order chi connectivity index (χ1) is 10.8. The van der Waals surface area contributed by atoms with Crippen molar-refractivity contribution in [2.24, 2.45) is 5.14 Å². The first-order valence-corrected chi connectivity index (χ1v) is 8.41. The van der Waals surface area contributed by atoms with Crippen LogP contribution >= 0.6 is 0 Å². The second kappa shape index (κ2) is 6.80. The van der Waals surface area contributed by atoms with E-state index in [2.05, 4.69) is 5.10 Å². The largest absolute Gasteiger partial charge is 0.492 e. The summed E-state index contributed by atoms with van der Waals surface area (Å²) in [7, 11) is -2.22. The average Bonchev–Trinajstić information content (AvgIpc) is 2.96. The molecule has 0 saturated carbocycles. The van der Waals surface area contributed by atoms with Gasteiger partial charge in [0.2, 0.25) is 15.9 Å². The van der Waals surface area contributed by atoms with E-state index in [0.29, 0.717) is 18.0 Å². The molecular formula is C14H18N4O4S. The molecule has 8 nitrogen and oxygen atoms in total. The van der Waals surface area contributed by atoms with Crippen molar-refractivity contribution in [1.82, 2.24) is 9.78 Å². The van der Waals surface area contributed by atoms with Crippen molar-refractivity contribution < 1.29 is 17.9 Å². The fourth-order valence-corrected chi connectivity index (χ4v) is 2.43. The predicted octanol–water partition coefficient (Wildman–Crippen LogP) is 0.592. The van der Waals surface area contributed by atoms with Gasteiger partial charge in [0.25, 0.3) is 0 Å². The molecule has 0 aliphatic heterocycles. The smallest absolute Gasteiger partial charge is 0.248 e. The van der Waals surface area contributed by atoms with Gasteiger partial charge in [-0.2, -0.15) is 5.10 Å². The quantitative estimate of drug-likeness (QED) is 0.829. The molecule has 0 spiro atoms. The molecule has 0 aliphatic carbocycles. The van der Waals surface area contributed by atoms with E-state index >= 15 is 0 Å². The summed E-state index contributed by atoms with van der Waals surface area (Å²) in [5, 5.41) is 8.85. The van der Waals surface area contributed by atoms with Gasteiger partial charge in [-0.25, -0.2) is 13.6 Å². The van der Waals surface area contributed by atoms with Crippen molar-refractivity contribution in [2.75, 3.05) is 18.6 Å². The molecule has 0 fully saturated rings. The second-order valence-corrected chi connectivity index (χ2v) is 6.33. The number of sulfonamides is 1. The highest BCUT2D eigenvalue weighted by atomic mass is 32.2. The lowest BCUT2D eigenvalue weighted by Gasteiger charge is -2.20. The van der Waals surface area contributed by atoms with E-state index in [1.165, 1.54) is 15.8 Å². The molecule has 0 bridgehead atoms. The van der Waals surface area contributed by atoms with Crippen LogP contribution in [0.25, 0.3) is 0 Å². The Hall–Kier alpha value is -2.39. The number of nitrogens with zero attached hydrogens (tertiary/aromatic N) is 3. The predicted molar refractivity (Wildman–Crippen MR) is 84.6 cm³/mol. The highest BCUT2D eigenvalue weighted by molar-refractivity contribution is 7.89. The van der Waals surface area contributed by atoms with Gasteiger partial charge in [0.05, 0.1) is 18.5 Å². The van der Waals surface area contributed by atoms with Crippen LogP contribution in [0.15, 0.2) is 41.6 Å². The molecule has 1 aromatic carbocycles. The van der Waals surface area contributed by atoms with Crippen LogP contribution in [-0.2, 0) is 21.4 Å². The molecule has 9 heteroatoms. The Labute approximate surface area is 134 Å². The summed E-state index contributed by atoms with van der Waals surface area (Å²) < 4.78 is 29.2. The molecule has 1 heterocycles. The summed E-state index contributed by atoms with van der Waals surface area (Å²) >= 11 is 0. The van der Waals surface area contributed by atoms with E-state index in [1.807, 2.05) is 13.0 Å². The monoisotopic (exact) mass is 338 g/mol. The fourth-order valence-electron chi connectivity index (χ4n) is 1.97. The van der Waals surface area contributed by atoms with Gasteiger partial charge in [0.15, 0.2) is 0 Å². The number of hydrogen-bond donors (Lipinski definition) is 1. The zero-order valence-electron chi connectivity index (χ0n) is 12.8.